The maximum atomic E-state index is 13.8. The molecule has 2 amide bonds. The zero-order chi connectivity index (χ0) is 20.5. The number of aryl methyl sites for hydroxylation is 1. The standard InChI is InChI=1S/C22H27FN2O3/c1-4-19(22(27)24-5-2)25(14-17-10-8-9-16(3)13-17)21(26)15-28-20-12-7-6-11-18(20)23/h6-13,19H,4-5,14-15H2,1-3H3,(H,24,27)/t19-/m1/s1. The van der Waals surface area contributed by atoms with Gasteiger partial charge in [-0.3, -0.25) is 9.59 Å². The maximum Gasteiger partial charge on any atom is 0.261 e. The second kappa shape index (κ2) is 10.4. The van der Waals surface area contributed by atoms with Crippen LogP contribution in [0.1, 0.15) is 31.4 Å². The molecule has 0 aliphatic carbocycles. The second-order valence-corrected chi connectivity index (χ2v) is 6.55. The van der Waals surface area contributed by atoms with Gasteiger partial charge in [0.25, 0.3) is 5.91 Å². The van der Waals surface area contributed by atoms with Gasteiger partial charge < -0.3 is 15.0 Å². The zero-order valence-electron chi connectivity index (χ0n) is 16.6. The van der Waals surface area contributed by atoms with E-state index in [1.165, 1.54) is 17.0 Å². The first kappa shape index (κ1) is 21.4. The van der Waals surface area contributed by atoms with E-state index in [1.54, 1.807) is 12.1 Å². The number of para-hydroxylation sites is 1. The van der Waals surface area contributed by atoms with Crippen LogP contribution in [0.2, 0.25) is 0 Å². The molecule has 0 spiro atoms. The van der Waals surface area contributed by atoms with Crippen LogP contribution in [0.4, 0.5) is 4.39 Å². The van der Waals surface area contributed by atoms with Gasteiger partial charge in [0.15, 0.2) is 18.2 Å². The molecule has 0 aliphatic heterocycles. The minimum Gasteiger partial charge on any atom is -0.481 e. The Morgan fingerprint density at radius 3 is 2.54 bits per heavy atom. The summed E-state index contributed by atoms with van der Waals surface area (Å²) in [5, 5.41) is 2.78. The summed E-state index contributed by atoms with van der Waals surface area (Å²) in [7, 11) is 0. The number of hydrogen-bond donors (Lipinski definition) is 1. The Labute approximate surface area is 165 Å². The summed E-state index contributed by atoms with van der Waals surface area (Å²) in [6, 6.07) is 13.1. The molecule has 6 heteroatoms. The van der Waals surface area contributed by atoms with E-state index in [-0.39, 0.29) is 30.7 Å². The number of benzene rings is 2. The third-order valence-corrected chi connectivity index (χ3v) is 4.36. The molecule has 0 aromatic heterocycles. The van der Waals surface area contributed by atoms with Crippen LogP contribution < -0.4 is 10.1 Å². The molecule has 0 heterocycles. The molecule has 5 nitrogen and oxygen atoms in total. The predicted octanol–water partition coefficient (Wildman–Crippen LogP) is 3.46. The summed E-state index contributed by atoms with van der Waals surface area (Å²) in [5.41, 5.74) is 1.99. The predicted molar refractivity (Wildman–Crippen MR) is 106 cm³/mol. The number of halogens is 1. The number of nitrogens with zero attached hydrogens (tertiary/aromatic N) is 1. The summed E-state index contributed by atoms with van der Waals surface area (Å²) >= 11 is 0. The van der Waals surface area contributed by atoms with Crippen molar-refractivity contribution in [2.75, 3.05) is 13.2 Å². The normalized spacial score (nSPS) is 11.6. The minimum absolute atomic E-state index is 0.0115. The Morgan fingerprint density at radius 2 is 1.89 bits per heavy atom. The third-order valence-electron chi connectivity index (χ3n) is 4.36. The Kier molecular flexibility index (Phi) is 7.99. The molecule has 0 fully saturated rings. The van der Waals surface area contributed by atoms with Crippen LogP contribution in [-0.4, -0.2) is 35.9 Å². The molecular weight excluding hydrogens is 359 g/mol. The molecule has 0 bridgehead atoms. The molecule has 28 heavy (non-hydrogen) atoms. The van der Waals surface area contributed by atoms with Gasteiger partial charge in [0.05, 0.1) is 0 Å². The van der Waals surface area contributed by atoms with Gasteiger partial charge in [-0.05, 0) is 38.0 Å². The minimum atomic E-state index is -0.628. The summed E-state index contributed by atoms with van der Waals surface area (Å²) < 4.78 is 19.1. The molecule has 1 atom stereocenters. The van der Waals surface area contributed by atoms with Crippen LogP contribution in [0.5, 0.6) is 5.75 Å². The number of nitrogens with one attached hydrogen (secondary N) is 1. The molecule has 2 aromatic rings. The number of carbonyl (C=O) groups excluding carboxylic acids is 2. The largest absolute Gasteiger partial charge is 0.481 e. The van der Waals surface area contributed by atoms with Crippen molar-refractivity contribution in [2.24, 2.45) is 0 Å². The molecule has 0 saturated carbocycles. The Balaban J connectivity index is 2.21. The molecule has 0 saturated heterocycles. The van der Waals surface area contributed by atoms with E-state index in [0.717, 1.165) is 11.1 Å². The molecule has 150 valence electrons. The molecule has 0 aliphatic rings. The fourth-order valence-electron chi connectivity index (χ4n) is 3.00. The number of amides is 2. The van der Waals surface area contributed by atoms with E-state index >= 15 is 0 Å². The van der Waals surface area contributed by atoms with Crippen molar-refractivity contribution in [1.29, 1.82) is 0 Å². The van der Waals surface area contributed by atoms with Crippen LogP contribution in [0.3, 0.4) is 0 Å². The molecular formula is C22H27FN2O3. The summed E-state index contributed by atoms with van der Waals surface area (Å²) in [5.74, 6) is -1.10. The quantitative estimate of drug-likeness (QED) is 0.718. The van der Waals surface area contributed by atoms with E-state index in [9.17, 15) is 14.0 Å². The van der Waals surface area contributed by atoms with Gasteiger partial charge in [-0.2, -0.15) is 0 Å². The number of carbonyl (C=O) groups is 2. The lowest BCUT2D eigenvalue weighted by Gasteiger charge is -2.30. The smallest absolute Gasteiger partial charge is 0.261 e. The summed E-state index contributed by atoms with van der Waals surface area (Å²) in [6.07, 6.45) is 0.461. The Bertz CT molecular complexity index is 810. The lowest BCUT2D eigenvalue weighted by molar-refractivity contribution is -0.143. The summed E-state index contributed by atoms with van der Waals surface area (Å²) in [6.45, 7) is 6.07. The molecule has 0 unspecified atom stereocenters. The number of hydrogen-bond acceptors (Lipinski definition) is 3. The van der Waals surface area contributed by atoms with Crippen molar-refractivity contribution in [3.05, 3.63) is 65.5 Å². The van der Waals surface area contributed by atoms with Crippen molar-refractivity contribution < 1.29 is 18.7 Å². The monoisotopic (exact) mass is 386 g/mol. The average molecular weight is 386 g/mol. The lowest BCUT2D eigenvalue weighted by Crippen LogP contribution is -2.50. The van der Waals surface area contributed by atoms with Crippen LogP contribution in [0, 0.1) is 12.7 Å². The highest BCUT2D eigenvalue weighted by molar-refractivity contribution is 5.88. The highest BCUT2D eigenvalue weighted by Crippen LogP contribution is 2.17. The Morgan fingerprint density at radius 1 is 1.14 bits per heavy atom. The van der Waals surface area contributed by atoms with Crippen molar-refractivity contribution in [1.82, 2.24) is 10.2 Å². The van der Waals surface area contributed by atoms with E-state index in [2.05, 4.69) is 5.32 Å². The van der Waals surface area contributed by atoms with Gasteiger partial charge >= 0.3 is 0 Å². The van der Waals surface area contributed by atoms with Crippen LogP contribution in [-0.2, 0) is 16.1 Å². The average Bonchev–Trinajstić information content (AvgIpc) is 2.67. The van der Waals surface area contributed by atoms with Gasteiger partial charge in [-0.25, -0.2) is 4.39 Å². The van der Waals surface area contributed by atoms with E-state index in [0.29, 0.717) is 13.0 Å². The van der Waals surface area contributed by atoms with Crippen molar-refractivity contribution in [3.8, 4) is 5.75 Å². The van der Waals surface area contributed by atoms with Crippen LogP contribution >= 0.6 is 0 Å². The fraction of sp³-hybridized carbons (Fsp3) is 0.364. The van der Waals surface area contributed by atoms with E-state index < -0.39 is 11.9 Å². The van der Waals surface area contributed by atoms with Gasteiger partial charge in [-0.15, -0.1) is 0 Å². The highest BCUT2D eigenvalue weighted by Gasteiger charge is 2.28. The fourth-order valence-corrected chi connectivity index (χ4v) is 3.00. The van der Waals surface area contributed by atoms with E-state index in [4.69, 9.17) is 4.74 Å². The van der Waals surface area contributed by atoms with Crippen molar-refractivity contribution >= 4 is 11.8 Å². The van der Waals surface area contributed by atoms with Crippen LogP contribution in [0.15, 0.2) is 48.5 Å². The number of rotatable bonds is 9. The molecule has 2 rings (SSSR count). The number of ether oxygens (including phenoxy) is 1. The van der Waals surface area contributed by atoms with Gasteiger partial charge in [0, 0.05) is 13.1 Å². The third kappa shape index (κ3) is 5.81. The SMILES string of the molecule is CCNC(=O)[C@@H](CC)N(Cc1cccc(C)c1)C(=O)COc1ccccc1F. The second-order valence-electron chi connectivity index (χ2n) is 6.55. The highest BCUT2D eigenvalue weighted by atomic mass is 19.1. The number of likely N-dealkylation sites (N-methyl/N-ethyl adjacent to an activating group) is 1. The van der Waals surface area contributed by atoms with Gasteiger partial charge in [0.1, 0.15) is 6.04 Å². The summed E-state index contributed by atoms with van der Waals surface area (Å²) in [4.78, 5) is 26.9. The van der Waals surface area contributed by atoms with Crippen LogP contribution in [0.25, 0.3) is 0 Å². The molecule has 0 radical (unpaired) electrons. The van der Waals surface area contributed by atoms with Crippen molar-refractivity contribution in [2.45, 2.75) is 39.8 Å². The first-order valence-electron chi connectivity index (χ1n) is 9.46. The van der Waals surface area contributed by atoms with Gasteiger partial charge in [0.2, 0.25) is 5.91 Å². The lowest BCUT2D eigenvalue weighted by atomic mass is 10.1. The Hall–Kier alpha value is -2.89. The van der Waals surface area contributed by atoms with Crippen molar-refractivity contribution in [3.63, 3.8) is 0 Å². The first-order chi connectivity index (χ1) is 13.5. The molecule has 2 aromatic carbocycles. The first-order valence-corrected chi connectivity index (χ1v) is 9.46. The van der Waals surface area contributed by atoms with E-state index in [1.807, 2.05) is 45.0 Å². The topological polar surface area (TPSA) is 58.6 Å². The zero-order valence-corrected chi connectivity index (χ0v) is 16.6. The molecule has 1 N–H and O–H groups in total. The maximum absolute atomic E-state index is 13.8. The van der Waals surface area contributed by atoms with Gasteiger partial charge in [-0.1, -0.05) is 48.9 Å².